The number of hydrogen-bond donors (Lipinski definition) is 1. The highest BCUT2D eigenvalue weighted by molar-refractivity contribution is 7.88. The van der Waals surface area contributed by atoms with Crippen LogP contribution in [0.1, 0.15) is 12.8 Å². The molecule has 0 saturated carbocycles. The van der Waals surface area contributed by atoms with E-state index >= 15 is 0 Å². The van der Waals surface area contributed by atoms with Gasteiger partial charge in [0.05, 0.1) is 17.0 Å². The van der Waals surface area contributed by atoms with Gasteiger partial charge < -0.3 is 10.2 Å². The summed E-state index contributed by atoms with van der Waals surface area (Å²) in [6.07, 6.45) is 2.38. The molecule has 1 fully saturated rings. The molecule has 1 N–H and O–H groups in total. The lowest BCUT2D eigenvalue weighted by atomic mass is 10.1. The van der Waals surface area contributed by atoms with Crippen molar-refractivity contribution >= 4 is 44.9 Å². The van der Waals surface area contributed by atoms with Crippen molar-refractivity contribution in [1.82, 2.24) is 9.21 Å². The van der Waals surface area contributed by atoms with E-state index in [0.717, 1.165) is 0 Å². The first-order valence-electron chi connectivity index (χ1n) is 7.12. The topological polar surface area (TPSA) is 69.7 Å². The molecule has 0 aromatic heterocycles. The van der Waals surface area contributed by atoms with Gasteiger partial charge in [0.25, 0.3) is 0 Å². The predicted molar refractivity (Wildman–Crippen MR) is 92.7 cm³/mol. The molecule has 0 spiro atoms. The number of benzene rings is 1. The highest BCUT2D eigenvalue weighted by Crippen LogP contribution is 2.26. The van der Waals surface area contributed by atoms with Crippen molar-refractivity contribution in [2.45, 2.75) is 18.9 Å². The summed E-state index contributed by atoms with van der Waals surface area (Å²) < 4.78 is 24.5. The lowest BCUT2D eigenvalue weighted by molar-refractivity contribution is 0.175. The van der Waals surface area contributed by atoms with E-state index in [9.17, 15) is 13.2 Å². The number of amides is 2. The third-order valence-electron chi connectivity index (χ3n) is 3.96. The summed E-state index contributed by atoms with van der Waals surface area (Å²) in [6, 6.07) is 4.50. The average molecular weight is 380 g/mol. The van der Waals surface area contributed by atoms with Gasteiger partial charge in [-0.1, -0.05) is 23.2 Å². The first-order valence-corrected chi connectivity index (χ1v) is 9.73. The van der Waals surface area contributed by atoms with Crippen LogP contribution in [0, 0.1) is 0 Å². The molecular weight excluding hydrogens is 361 g/mol. The van der Waals surface area contributed by atoms with Gasteiger partial charge in [0.15, 0.2) is 0 Å². The molecule has 1 saturated heterocycles. The highest BCUT2D eigenvalue weighted by Gasteiger charge is 2.29. The number of anilines is 1. The lowest BCUT2D eigenvalue weighted by Gasteiger charge is -2.35. The minimum atomic E-state index is -3.22. The van der Waals surface area contributed by atoms with E-state index in [2.05, 4.69) is 5.32 Å². The number of carbonyl (C=O) groups excluding carboxylic acids is 1. The predicted octanol–water partition coefficient (Wildman–Crippen LogP) is 2.88. The lowest BCUT2D eigenvalue weighted by Crippen LogP contribution is -2.48. The number of halogens is 2. The summed E-state index contributed by atoms with van der Waals surface area (Å²) in [6.45, 7) is 0.961. The molecule has 128 valence electrons. The fraction of sp³-hybridized carbons (Fsp3) is 0.500. The molecule has 0 radical (unpaired) electrons. The van der Waals surface area contributed by atoms with Crippen molar-refractivity contribution in [3.8, 4) is 0 Å². The maximum absolute atomic E-state index is 12.3. The minimum Gasteiger partial charge on any atom is -0.324 e. The first kappa shape index (κ1) is 18.3. The summed E-state index contributed by atoms with van der Waals surface area (Å²) in [4.78, 5) is 13.9. The van der Waals surface area contributed by atoms with E-state index in [1.165, 1.54) is 10.6 Å². The molecular formula is C14H19Cl2N3O3S. The number of sulfonamides is 1. The van der Waals surface area contributed by atoms with Crippen molar-refractivity contribution in [2.75, 3.05) is 31.7 Å². The quantitative estimate of drug-likeness (QED) is 0.877. The average Bonchev–Trinajstić information content (AvgIpc) is 2.49. The third-order valence-corrected chi connectivity index (χ3v) is 5.87. The van der Waals surface area contributed by atoms with Crippen LogP contribution in [0.25, 0.3) is 0 Å². The van der Waals surface area contributed by atoms with Crippen LogP contribution in [0.4, 0.5) is 10.5 Å². The van der Waals surface area contributed by atoms with Gasteiger partial charge in [0, 0.05) is 31.2 Å². The van der Waals surface area contributed by atoms with Crippen molar-refractivity contribution in [3.63, 3.8) is 0 Å². The Balaban J connectivity index is 1.95. The number of carbonyl (C=O) groups is 1. The molecule has 6 nitrogen and oxygen atoms in total. The Morgan fingerprint density at radius 2 is 1.91 bits per heavy atom. The van der Waals surface area contributed by atoms with E-state index < -0.39 is 10.0 Å². The first-order chi connectivity index (χ1) is 10.7. The summed E-state index contributed by atoms with van der Waals surface area (Å²) in [5.41, 5.74) is 0.458. The second kappa shape index (κ2) is 7.25. The standard InChI is InChI=1S/C14H19Cl2N3O3S/c1-18(23(2,21)22)11-5-7-19(8-6-11)14(20)17-13-9-10(15)3-4-12(13)16/h3-4,9,11H,5-8H2,1-2H3,(H,17,20). The largest absolute Gasteiger partial charge is 0.324 e. The Morgan fingerprint density at radius 3 is 2.48 bits per heavy atom. The van der Waals surface area contributed by atoms with Gasteiger partial charge in [0.2, 0.25) is 10.0 Å². The van der Waals surface area contributed by atoms with Gasteiger partial charge in [-0.2, -0.15) is 0 Å². The van der Waals surface area contributed by atoms with E-state index in [1.54, 1.807) is 30.1 Å². The zero-order chi connectivity index (χ0) is 17.2. The van der Waals surface area contributed by atoms with Crippen LogP contribution < -0.4 is 5.32 Å². The SMILES string of the molecule is CN(C1CCN(C(=O)Nc2cc(Cl)ccc2Cl)CC1)S(C)(=O)=O. The fourth-order valence-corrected chi connectivity index (χ4v) is 3.58. The molecule has 0 bridgehead atoms. The molecule has 1 heterocycles. The van der Waals surface area contributed by atoms with Crippen LogP contribution in [0.5, 0.6) is 0 Å². The van der Waals surface area contributed by atoms with Gasteiger partial charge in [-0.15, -0.1) is 0 Å². The second-order valence-corrected chi connectivity index (χ2v) is 8.44. The number of piperidine rings is 1. The van der Waals surface area contributed by atoms with E-state index in [1.807, 2.05) is 0 Å². The molecule has 0 unspecified atom stereocenters. The van der Waals surface area contributed by atoms with Crippen LogP contribution in [0.15, 0.2) is 18.2 Å². The molecule has 0 atom stereocenters. The van der Waals surface area contributed by atoms with Gasteiger partial charge in [-0.25, -0.2) is 17.5 Å². The number of likely N-dealkylation sites (tertiary alicyclic amines) is 1. The zero-order valence-corrected chi connectivity index (χ0v) is 15.2. The maximum atomic E-state index is 12.3. The molecule has 23 heavy (non-hydrogen) atoms. The molecule has 9 heteroatoms. The Labute approximate surface area is 146 Å². The highest BCUT2D eigenvalue weighted by atomic mass is 35.5. The normalized spacial score (nSPS) is 16.7. The Morgan fingerprint density at radius 1 is 1.30 bits per heavy atom. The van der Waals surface area contributed by atoms with Crippen LogP contribution in [0.3, 0.4) is 0 Å². The van der Waals surface area contributed by atoms with Crippen LogP contribution in [-0.4, -0.2) is 56.1 Å². The van der Waals surface area contributed by atoms with E-state index in [4.69, 9.17) is 23.2 Å². The van der Waals surface area contributed by atoms with Gasteiger partial charge in [-0.05, 0) is 31.0 Å². The number of nitrogens with zero attached hydrogens (tertiary/aromatic N) is 2. The molecule has 1 aromatic rings. The molecule has 1 aliphatic rings. The van der Waals surface area contributed by atoms with Crippen molar-refractivity contribution in [2.24, 2.45) is 0 Å². The zero-order valence-electron chi connectivity index (χ0n) is 12.9. The van der Waals surface area contributed by atoms with E-state index in [-0.39, 0.29) is 12.1 Å². The number of hydrogen-bond acceptors (Lipinski definition) is 3. The Kier molecular flexibility index (Phi) is 5.78. The van der Waals surface area contributed by atoms with Crippen LogP contribution >= 0.6 is 23.2 Å². The monoisotopic (exact) mass is 379 g/mol. The third kappa shape index (κ3) is 4.73. The summed E-state index contributed by atoms with van der Waals surface area (Å²) in [5.74, 6) is 0. The smallest absolute Gasteiger partial charge is 0.321 e. The summed E-state index contributed by atoms with van der Waals surface area (Å²) >= 11 is 11.9. The Bertz CT molecular complexity index is 689. The molecule has 1 aliphatic heterocycles. The second-order valence-electron chi connectivity index (χ2n) is 5.55. The maximum Gasteiger partial charge on any atom is 0.321 e. The van der Waals surface area contributed by atoms with Crippen LogP contribution in [0.2, 0.25) is 10.0 Å². The number of urea groups is 1. The van der Waals surface area contributed by atoms with Gasteiger partial charge in [-0.3, -0.25) is 0 Å². The number of nitrogens with one attached hydrogen (secondary N) is 1. The van der Waals surface area contributed by atoms with Gasteiger partial charge in [0.1, 0.15) is 0 Å². The van der Waals surface area contributed by atoms with Crippen molar-refractivity contribution in [3.05, 3.63) is 28.2 Å². The van der Waals surface area contributed by atoms with Crippen molar-refractivity contribution in [1.29, 1.82) is 0 Å². The summed E-state index contributed by atoms with van der Waals surface area (Å²) in [7, 11) is -1.65. The molecule has 1 aromatic carbocycles. The summed E-state index contributed by atoms with van der Waals surface area (Å²) in [5, 5.41) is 3.63. The molecule has 2 amide bonds. The van der Waals surface area contributed by atoms with Crippen molar-refractivity contribution < 1.29 is 13.2 Å². The minimum absolute atomic E-state index is 0.0798. The Hall–Kier alpha value is -1.02. The van der Waals surface area contributed by atoms with E-state index in [0.29, 0.717) is 41.7 Å². The van der Waals surface area contributed by atoms with Gasteiger partial charge >= 0.3 is 6.03 Å². The molecule has 2 rings (SSSR count). The molecule has 0 aliphatic carbocycles. The fourth-order valence-electron chi connectivity index (χ4n) is 2.49. The number of rotatable bonds is 3. The van der Waals surface area contributed by atoms with Crippen LogP contribution in [-0.2, 0) is 10.0 Å².